The molecule has 4 aromatic rings. The van der Waals surface area contributed by atoms with Gasteiger partial charge in [0.1, 0.15) is 23.0 Å². The molecular weight excluding hydrogens is 480 g/mol. The molecule has 0 saturated carbocycles. The molecule has 0 bridgehead atoms. The summed E-state index contributed by atoms with van der Waals surface area (Å²) >= 11 is 1.28. The summed E-state index contributed by atoms with van der Waals surface area (Å²) in [5.41, 5.74) is 2.25. The van der Waals surface area contributed by atoms with Crippen LogP contribution in [0.4, 0.5) is 5.69 Å². The molecule has 1 heterocycles. The minimum atomic E-state index is -0.209. The Hall–Kier alpha value is -4.18. The molecule has 9 nitrogen and oxygen atoms in total. The Kier molecular flexibility index (Phi) is 7.96. The van der Waals surface area contributed by atoms with Crippen molar-refractivity contribution in [3.63, 3.8) is 0 Å². The van der Waals surface area contributed by atoms with Crippen LogP contribution < -0.4 is 24.3 Å². The van der Waals surface area contributed by atoms with E-state index in [9.17, 15) is 4.79 Å². The van der Waals surface area contributed by atoms with E-state index in [0.717, 1.165) is 22.7 Å². The topological polar surface area (TPSA) is 96.7 Å². The first kappa shape index (κ1) is 24.9. The van der Waals surface area contributed by atoms with Gasteiger partial charge in [-0.2, -0.15) is 0 Å². The molecule has 1 aromatic heterocycles. The quantitative estimate of drug-likeness (QED) is 0.309. The van der Waals surface area contributed by atoms with Crippen molar-refractivity contribution in [1.82, 2.24) is 14.8 Å². The Morgan fingerprint density at radius 1 is 0.806 bits per heavy atom. The maximum absolute atomic E-state index is 12.8. The second-order valence-electron chi connectivity index (χ2n) is 7.47. The number of hydrogen-bond acceptors (Lipinski definition) is 8. The monoisotopic (exact) mass is 506 g/mol. The van der Waals surface area contributed by atoms with Gasteiger partial charge >= 0.3 is 0 Å². The number of aromatic nitrogens is 3. The van der Waals surface area contributed by atoms with E-state index in [1.807, 2.05) is 53.1 Å². The molecule has 36 heavy (non-hydrogen) atoms. The number of hydrogen-bond donors (Lipinski definition) is 1. The largest absolute Gasteiger partial charge is 0.497 e. The Balaban J connectivity index is 1.59. The highest BCUT2D eigenvalue weighted by Gasteiger charge is 2.18. The smallest absolute Gasteiger partial charge is 0.234 e. The minimum absolute atomic E-state index is 0.117. The number of benzene rings is 3. The summed E-state index contributed by atoms with van der Waals surface area (Å²) in [4.78, 5) is 12.8. The van der Waals surface area contributed by atoms with E-state index in [0.29, 0.717) is 28.2 Å². The fourth-order valence-corrected chi connectivity index (χ4v) is 4.22. The maximum atomic E-state index is 12.8. The number of anilines is 1. The van der Waals surface area contributed by atoms with Crippen molar-refractivity contribution in [2.24, 2.45) is 0 Å². The highest BCUT2D eigenvalue weighted by molar-refractivity contribution is 7.99. The van der Waals surface area contributed by atoms with Crippen LogP contribution in [0.2, 0.25) is 0 Å². The molecule has 0 radical (unpaired) electrons. The fourth-order valence-electron chi connectivity index (χ4n) is 3.47. The van der Waals surface area contributed by atoms with E-state index in [1.54, 1.807) is 39.5 Å². The molecule has 0 atom stereocenters. The lowest BCUT2D eigenvalue weighted by Gasteiger charge is -2.13. The number of nitrogens with zero attached hydrogens (tertiary/aromatic N) is 3. The van der Waals surface area contributed by atoms with Gasteiger partial charge in [-0.05, 0) is 60.7 Å². The highest BCUT2D eigenvalue weighted by Crippen LogP contribution is 2.31. The minimum Gasteiger partial charge on any atom is -0.497 e. The van der Waals surface area contributed by atoms with Gasteiger partial charge in [-0.25, -0.2) is 0 Å². The Labute approximate surface area is 213 Å². The summed E-state index contributed by atoms with van der Waals surface area (Å²) < 4.78 is 23.1. The van der Waals surface area contributed by atoms with Crippen molar-refractivity contribution in [2.45, 2.75) is 5.16 Å². The summed E-state index contributed by atoms with van der Waals surface area (Å²) in [7, 11) is 6.35. The molecule has 0 unspecified atom stereocenters. The van der Waals surface area contributed by atoms with Crippen LogP contribution in [0, 0.1) is 0 Å². The summed E-state index contributed by atoms with van der Waals surface area (Å²) in [5.74, 6) is 3.18. The molecule has 0 aliphatic heterocycles. The molecular formula is C26H26N4O5S. The average molecular weight is 507 g/mol. The zero-order valence-corrected chi connectivity index (χ0v) is 21.2. The summed E-state index contributed by atoms with van der Waals surface area (Å²) in [5, 5.41) is 12.3. The summed E-state index contributed by atoms with van der Waals surface area (Å²) in [6, 6.07) is 20.3. The average Bonchev–Trinajstić information content (AvgIpc) is 3.36. The third-order valence-electron chi connectivity index (χ3n) is 5.33. The van der Waals surface area contributed by atoms with Gasteiger partial charge < -0.3 is 24.3 Å². The lowest BCUT2D eigenvalue weighted by molar-refractivity contribution is -0.113. The second kappa shape index (κ2) is 11.5. The molecule has 0 fully saturated rings. The molecule has 0 saturated heterocycles. The summed E-state index contributed by atoms with van der Waals surface area (Å²) in [6.45, 7) is 0. The van der Waals surface area contributed by atoms with Crippen LogP contribution in [-0.2, 0) is 4.79 Å². The SMILES string of the molecule is COc1ccc(-c2nnc(SCC(=O)Nc3ccc(OC)cc3OC)n2-c2ccc(OC)cc2)cc1. The number of thioether (sulfide) groups is 1. The number of rotatable bonds is 10. The van der Waals surface area contributed by atoms with Crippen molar-refractivity contribution >= 4 is 23.4 Å². The Bertz CT molecular complexity index is 1320. The zero-order chi connectivity index (χ0) is 25.5. The fraction of sp³-hybridized carbons (Fsp3) is 0.192. The van der Waals surface area contributed by atoms with Crippen LogP contribution in [0.15, 0.2) is 71.9 Å². The van der Waals surface area contributed by atoms with Gasteiger partial charge in [0, 0.05) is 17.3 Å². The molecule has 3 aromatic carbocycles. The van der Waals surface area contributed by atoms with Gasteiger partial charge in [0.25, 0.3) is 0 Å². The van der Waals surface area contributed by atoms with Gasteiger partial charge in [0.05, 0.1) is 39.9 Å². The molecule has 0 aliphatic carbocycles. The van der Waals surface area contributed by atoms with E-state index in [1.165, 1.54) is 18.9 Å². The number of ether oxygens (including phenoxy) is 4. The molecule has 0 aliphatic rings. The Morgan fingerprint density at radius 2 is 1.42 bits per heavy atom. The second-order valence-corrected chi connectivity index (χ2v) is 8.41. The standard InChI is InChI=1S/C26H26N4O5S/c1-32-19-9-5-17(6-10-19)25-28-29-26(30(25)18-7-11-20(33-2)12-8-18)36-16-24(31)27-22-14-13-21(34-3)15-23(22)35-4/h5-15H,16H2,1-4H3,(H,27,31). The Morgan fingerprint density at radius 3 is 2.03 bits per heavy atom. The predicted molar refractivity (Wildman–Crippen MR) is 139 cm³/mol. The van der Waals surface area contributed by atoms with E-state index >= 15 is 0 Å². The van der Waals surface area contributed by atoms with Crippen LogP contribution in [0.3, 0.4) is 0 Å². The molecule has 1 amide bonds. The number of carbonyl (C=O) groups is 1. The molecule has 10 heteroatoms. The van der Waals surface area contributed by atoms with E-state index in [2.05, 4.69) is 15.5 Å². The number of methoxy groups -OCH3 is 4. The van der Waals surface area contributed by atoms with Crippen LogP contribution in [0.1, 0.15) is 0 Å². The van der Waals surface area contributed by atoms with Gasteiger partial charge in [-0.15, -0.1) is 10.2 Å². The maximum Gasteiger partial charge on any atom is 0.234 e. The van der Waals surface area contributed by atoms with Crippen LogP contribution in [0.5, 0.6) is 23.0 Å². The lowest BCUT2D eigenvalue weighted by atomic mass is 10.2. The third kappa shape index (κ3) is 5.55. The molecule has 0 spiro atoms. The zero-order valence-electron chi connectivity index (χ0n) is 20.3. The van der Waals surface area contributed by atoms with Crippen molar-refractivity contribution in [3.05, 3.63) is 66.7 Å². The molecule has 186 valence electrons. The van der Waals surface area contributed by atoms with E-state index in [4.69, 9.17) is 18.9 Å². The van der Waals surface area contributed by atoms with Gasteiger partial charge in [-0.3, -0.25) is 9.36 Å². The lowest BCUT2D eigenvalue weighted by Crippen LogP contribution is -2.15. The van der Waals surface area contributed by atoms with Gasteiger partial charge in [0.15, 0.2) is 11.0 Å². The van der Waals surface area contributed by atoms with E-state index < -0.39 is 0 Å². The first-order chi connectivity index (χ1) is 17.6. The van der Waals surface area contributed by atoms with Crippen molar-refractivity contribution in [2.75, 3.05) is 39.5 Å². The van der Waals surface area contributed by atoms with Gasteiger partial charge in [-0.1, -0.05) is 11.8 Å². The first-order valence-corrected chi connectivity index (χ1v) is 11.9. The summed E-state index contributed by atoms with van der Waals surface area (Å²) in [6.07, 6.45) is 0. The molecule has 4 rings (SSSR count). The van der Waals surface area contributed by atoms with Crippen LogP contribution in [-0.4, -0.2) is 54.9 Å². The van der Waals surface area contributed by atoms with E-state index in [-0.39, 0.29) is 11.7 Å². The van der Waals surface area contributed by atoms with Crippen LogP contribution >= 0.6 is 11.8 Å². The van der Waals surface area contributed by atoms with Crippen molar-refractivity contribution in [3.8, 4) is 40.1 Å². The van der Waals surface area contributed by atoms with Crippen LogP contribution in [0.25, 0.3) is 17.1 Å². The normalized spacial score (nSPS) is 10.6. The predicted octanol–water partition coefficient (Wildman–Crippen LogP) is 4.70. The molecule has 1 N–H and O–H groups in total. The number of carbonyl (C=O) groups excluding carboxylic acids is 1. The highest BCUT2D eigenvalue weighted by atomic mass is 32.2. The van der Waals surface area contributed by atoms with Gasteiger partial charge in [0.2, 0.25) is 5.91 Å². The first-order valence-electron chi connectivity index (χ1n) is 10.9. The third-order valence-corrected chi connectivity index (χ3v) is 6.26. The number of nitrogens with one attached hydrogen (secondary N) is 1. The van der Waals surface area contributed by atoms with Crippen molar-refractivity contribution in [1.29, 1.82) is 0 Å². The number of amides is 1. The van der Waals surface area contributed by atoms with Crippen molar-refractivity contribution < 1.29 is 23.7 Å².